The molecule has 0 aliphatic rings. The molecule has 0 bridgehead atoms. The number of ether oxygens (including phenoxy) is 1. The quantitative estimate of drug-likeness (QED) is 0.833. The molecule has 0 aliphatic carbocycles. The first kappa shape index (κ1) is 15.4. The Labute approximate surface area is 126 Å². The predicted octanol–water partition coefficient (Wildman–Crippen LogP) is 4.06. The second kappa shape index (κ2) is 7.74. The molecule has 4 heteroatoms. The van der Waals surface area contributed by atoms with E-state index in [0.717, 1.165) is 42.3 Å². The van der Waals surface area contributed by atoms with E-state index in [9.17, 15) is 0 Å². The maximum absolute atomic E-state index is 5.48. The van der Waals surface area contributed by atoms with Gasteiger partial charge < -0.3 is 10.1 Å². The van der Waals surface area contributed by atoms with Crippen LogP contribution in [0.4, 0.5) is 5.82 Å². The van der Waals surface area contributed by atoms with Gasteiger partial charge in [0.2, 0.25) is 0 Å². The van der Waals surface area contributed by atoms with Crippen molar-refractivity contribution in [1.29, 1.82) is 0 Å². The van der Waals surface area contributed by atoms with Crippen molar-refractivity contribution in [2.24, 2.45) is 0 Å². The van der Waals surface area contributed by atoms with Crippen molar-refractivity contribution in [3.8, 4) is 11.3 Å². The van der Waals surface area contributed by atoms with Gasteiger partial charge in [-0.2, -0.15) is 0 Å². The third-order valence-corrected chi connectivity index (χ3v) is 3.31. The van der Waals surface area contributed by atoms with Gasteiger partial charge in [0.1, 0.15) is 11.9 Å². The highest BCUT2D eigenvalue weighted by atomic mass is 16.5. The van der Waals surface area contributed by atoms with Crippen molar-refractivity contribution in [1.82, 2.24) is 9.97 Å². The van der Waals surface area contributed by atoms with Crippen molar-refractivity contribution in [3.05, 3.63) is 42.2 Å². The molecule has 0 saturated carbocycles. The van der Waals surface area contributed by atoms with E-state index in [4.69, 9.17) is 4.74 Å². The molecule has 21 heavy (non-hydrogen) atoms. The van der Waals surface area contributed by atoms with Gasteiger partial charge in [-0.3, -0.25) is 0 Å². The lowest BCUT2D eigenvalue weighted by Crippen LogP contribution is -2.10. The molecule has 1 atom stereocenters. The second-order valence-electron chi connectivity index (χ2n) is 4.92. The molecule has 2 aromatic rings. The van der Waals surface area contributed by atoms with Crippen LogP contribution in [-0.2, 0) is 4.74 Å². The number of hydrogen-bond donors (Lipinski definition) is 1. The SMILES string of the molecule is CCCNc1cc(-c2ccccc2)nc(C(CC)OC)n1. The molecule has 0 aliphatic heterocycles. The third kappa shape index (κ3) is 4.02. The topological polar surface area (TPSA) is 47.0 Å². The Hall–Kier alpha value is -1.94. The van der Waals surface area contributed by atoms with Crippen LogP contribution in [0, 0.1) is 0 Å². The van der Waals surface area contributed by atoms with Gasteiger partial charge in [0.15, 0.2) is 5.82 Å². The van der Waals surface area contributed by atoms with Gasteiger partial charge in [0, 0.05) is 25.3 Å². The summed E-state index contributed by atoms with van der Waals surface area (Å²) in [4.78, 5) is 9.27. The summed E-state index contributed by atoms with van der Waals surface area (Å²) in [6, 6.07) is 12.2. The van der Waals surface area contributed by atoms with Gasteiger partial charge in [0.05, 0.1) is 5.69 Å². The Balaban J connectivity index is 2.41. The molecule has 1 heterocycles. The summed E-state index contributed by atoms with van der Waals surface area (Å²) in [5.74, 6) is 1.59. The maximum Gasteiger partial charge on any atom is 0.160 e. The van der Waals surface area contributed by atoms with E-state index in [1.807, 2.05) is 24.3 Å². The third-order valence-electron chi connectivity index (χ3n) is 3.31. The first-order chi connectivity index (χ1) is 10.3. The van der Waals surface area contributed by atoms with Crippen molar-refractivity contribution in [2.75, 3.05) is 19.0 Å². The van der Waals surface area contributed by atoms with Crippen LogP contribution < -0.4 is 5.32 Å². The highest BCUT2D eigenvalue weighted by Gasteiger charge is 2.14. The van der Waals surface area contributed by atoms with E-state index in [1.54, 1.807) is 7.11 Å². The first-order valence-corrected chi connectivity index (χ1v) is 7.49. The van der Waals surface area contributed by atoms with E-state index < -0.39 is 0 Å². The van der Waals surface area contributed by atoms with Gasteiger partial charge in [-0.25, -0.2) is 9.97 Å². The lowest BCUT2D eigenvalue weighted by atomic mass is 10.1. The van der Waals surface area contributed by atoms with Crippen molar-refractivity contribution >= 4 is 5.82 Å². The van der Waals surface area contributed by atoms with Crippen LogP contribution in [-0.4, -0.2) is 23.6 Å². The Morgan fingerprint density at radius 2 is 1.90 bits per heavy atom. The fourth-order valence-electron chi connectivity index (χ4n) is 2.16. The molecule has 1 aromatic heterocycles. The molecule has 0 amide bonds. The van der Waals surface area contributed by atoms with Crippen LogP contribution in [0.2, 0.25) is 0 Å². The minimum atomic E-state index is -0.0733. The summed E-state index contributed by atoms with van der Waals surface area (Å²) >= 11 is 0. The standard InChI is InChI=1S/C17H23N3O/c1-4-11-18-16-12-14(13-9-7-6-8-10-13)19-17(20-16)15(5-2)21-3/h6-10,12,15H,4-5,11H2,1-3H3,(H,18,19,20). The fraction of sp³-hybridized carbons (Fsp3) is 0.412. The van der Waals surface area contributed by atoms with Crippen LogP contribution in [0.5, 0.6) is 0 Å². The molecule has 0 fully saturated rings. The average molecular weight is 285 g/mol. The molecule has 112 valence electrons. The van der Waals surface area contributed by atoms with Crippen LogP contribution in [0.25, 0.3) is 11.3 Å². The Kier molecular flexibility index (Phi) is 5.69. The number of rotatable bonds is 7. The van der Waals surface area contributed by atoms with E-state index >= 15 is 0 Å². The van der Waals surface area contributed by atoms with Crippen LogP contribution in [0.3, 0.4) is 0 Å². The smallest absolute Gasteiger partial charge is 0.160 e. The van der Waals surface area contributed by atoms with E-state index in [0.29, 0.717) is 0 Å². The molecule has 2 rings (SSSR count). The highest BCUT2D eigenvalue weighted by Crippen LogP contribution is 2.24. The number of benzene rings is 1. The lowest BCUT2D eigenvalue weighted by Gasteiger charge is -2.15. The molecule has 0 saturated heterocycles. The molecular weight excluding hydrogens is 262 g/mol. The number of nitrogens with one attached hydrogen (secondary N) is 1. The Bertz CT molecular complexity index is 553. The normalized spacial score (nSPS) is 12.1. The van der Waals surface area contributed by atoms with Crippen molar-refractivity contribution in [2.45, 2.75) is 32.8 Å². The van der Waals surface area contributed by atoms with E-state index in [-0.39, 0.29) is 6.10 Å². The molecular formula is C17H23N3O. The van der Waals surface area contributed by atoms with Gasteiger partial charge in [-0.05, 0) is 12.8 Å². The minimum Gasteiger partial charge on any atom is -0.373 e. The zero-order chi connectivity index (χ0) is 15.1. The van der Waals surface area contributed by atoms with Gasteiger partial charge >= 0.3 is 0 Å². The lowest BCUT2D eigenvalue weighted by molar-refractivity contribution is 0.0928. The molecule has 1 aromatic carbocycles. The maximum atomic E-state index is 5.48. The molecule has 1 N–H and O–H groups in total. The number of nitrogens with zero attached hydrogens (tertiary/aromatic N) is 2. The predicted molar refractivity (Wildman–Crippen MR) is 86.3 cm³/mol. The van der Waals surface area contributed by atoms with Gasteiger partial charge in [-0.15, -0.1) is 0 Å². The summed E-state index contributed by atoms with van der Waals surface area (Å²) in [6.07, 6.45) is 1.83. The molecule has 0 spiro atoms. The van der Waals surface area contributed by atoms with Crippen molar-refractivity contribution in [3.63, 3.8) is 0 Å². The molecule has 4 nitrogen and oxygen atoms in total. The summed E-state index contributed by atoms with van der Waals surface area (Å²) in [7, 11) is 1.70. The highest BCUT2D eigenvalue weighted by molar-refractivity contribution is 5.62. The summed E-state index contributed by atoms with van der Waals surface area (Å²) in [5, 5.41) is 3.34. The van der Waals surface area contributed by atoms with Gasteiger partial charge in [-0.1, -0.05) is 44.2 Å². The average Bonchev–Trinajstić information content (AvgIpc) is 2.55. The van der Waals surface area contributed by atoms with Crippen LogP contribution in [0.1, 0.15) is 38.6 Å². The number of aromatic nitrogens is 2. The second-order valence-corrected chi connectivity index (χ2v) is 4.92. The molecule has 0 radical (unpaired) electrons. The number of methoxy groups -OCH3 is 1. The van der Waals surface area contributed by atoms with Crippen molar-refractivity contribution < 1.29 is 4.74 Å². The summed E-state index contributed by atoms with van der Waals surface area (Å²) < 4.78 is 5.48. The largest absolute Gasteiger partial charge is 0.373 e. The Morgan fingerprint density at radius 3 is 2.52 bits per heavy atom. The zero-order valence-corrected chi connectivity index (χ0v) is 13.0. The van der Waals surface area contributed by atoms with Gasteiger partial charge in [0.25, 0.3) is 0 Å². The number of hydrogen-bond acceptors (Lipinski definition) is 4. The monoisotopic (exact) mass is 285 g/mol. The molecule has 1 unspecified atom stereocenters. The first-order valence-electron chi connectivity index (χ1n) is 7.49. The van der Waals surface area contributed by atoms with E-state index in [2.05, 4.69) is 41.3 Å². The number of anilines is 1. The summed E-state index contributed by atoms with van der Waals surface area (Å²) in [6.45, 7) is 5.11. The van der Waals surface area contributed by atoms with Crippen LogP contribution in [0.15, 0.2) is 36.4 Å². The summed E-state index contributed by atoms with van der Waals surface area (Å²) in [5.41, 5.74) is 2.02. The zero-order valence-electron chi connectivity index (χ0n) is 13.0. The fourth-order valence-corrected chi connectivity index (χ4v) is 2.16. The minimum absolute atomic E-state index is 0.0733. The Morgan fingerprint density at radius 1 is 1.14 bits per heavy atom. The van der Waals surface area contributed by atoms with E-state index in [1.165, 1.54) is 0 Å². The van der Waals surface area contributed by atoms with Crippen LogP contribution >= 0.6 is 0 Å².